The first-order valence-corrected chi connectivity index (χ1v) is 10.4. The Labute approximate surface area is 175 Å². The standard InChI is InChI=1S/C23H25N5O2/c24-10-19(13-27-22(29)16-2-1-3-20(25)9-16)15-6-4-14(5-7-15)17-8-18-12-28-23(30)21(18)26-11-17/h4-8,11,16,19-20H,1-3,9,12-13,25H2,(H,27,29)(H,28,30). The molecule has 1 aliphatic heterocycles. The van der Waals surface area contributed by atoms with Crippen LogP contribution in [-0.2, 0) is 11.3 Å². The molecule has 1 saturated carbocycles. The second-order valence-electron chi connectivity index (χ2n) is 8.09. The molecular weight excluding hydrogens is 378 g/mol. The van der Waals surface area contributed by atoms with Crippen LogP contribution in [0.15, 0.2) is 36.5 Å². The number of hydrogen-bond acceptors (Lipinski definition) is 5. The van der Waals surface area contributed by atoms with E-state index in [1.807, 2.05) is 30.3 Å². The van der Waals surface area contributed by atoms with E-state index in [1.165, 1.54) is 0 Å². The van der Waals surface area contributed by atoms with Crippen LogP contribution in [-0.4, -0.2) is 29.4 Å². The number of carbonyl (C=O) groups is 2. The minimum atomic E-state index is -0.416. The zero-order valence-electron chi connectivity index (χ0n) is 16.7. The van der Waals surface area contributed by atoms with E-state index in [0.717, 1.165) is 41.5 Å². The molecule has 2 amide bonds. The molecule has 7 nitrogen and oxygen atoms in total. The molecule has 30 heavy (non-hydrogen) atoms. The lowest BCUT2D eigenvalue weighted by Gasteiger charge is -2.26. The molecule has 0 spiro atoms. The van der Waals surface area contributed by atoms with Crippen LogP contribution in [0.3, 0.4) is 0 Å². The van der Waals surface area contributed by atoms with Gasteiger partial charge in [-0.05, 0) is 36.5 Å². The van der Waals surface area contributed by atoms with Crippen LogP contribution in [0.2, 0.25) is 0 Å². The van der Waals surface area contributed by atoms with Crippen molar-refractivity contribution in [1.29, 1.82) is 5.26 Å². The molecule has 2 aliphatic rings. The summed E-state index contributed by atoms with van der Waals surface area (Å²) in [6, 6.07) is 12.0. The van der Waals surface area contributed by atoms with Crippen molar-refractivity contribution in [1.82, 2.24) is 15.6 Å². The highest BCUT2D eigenvalue weighted by Crippen LogP contribution is 2.26. The van der Waals surface area contributed by atoms with Gasteiger partial charge in [0.15, 0.2) is 0 Å². The van der Waals surface area contributed by atoms with E-state index in [1.54, 1.807) is 6.20 Å². The molecule has 2 heterocycles. The minimum absolute atomic E-state index is 0.00519. The molecule has 4 rings (SSSR count). The topological polar surface area (TPSA) is 121 Å². The largest absolute Gasteiger partial charge is 0.354 e. The van der Waals surface area contributed by atoms with Crippen LogP contribution in [0.25, 0.3) is 11.1 Å². The summed E-state index contributed by atoms with van der Waals surface area (Å²) in [6.07, 6.45) is 5.22. The number of nitrogens with zero attached hydrogens (tertiary/aromatic N) is 2. The third kappa shape index (κ3) is 4.19. The van der Waals surface area contributed by atoms with Crippen LogP contribution < -0.4 is 16.4 Å². The molecular formula is C23H25N5O2. The van der Waals surface area contributed by atoms with Gasteiger partial charge in [-0.1, -0.05) is 30.7 Å². The summed E-state index contributed by atoms with van der Waals surface area (Å²) >= 11 is 0. The van der Waals surface area contributed by atoms with Crippen molar-refractivity contribution in [2.24, 2.45) is 11.7 Å². The van der Waals surface area contributed by atoms with E-state index >= 15 is 0 Å². The molecule has 0 radical (unpaired) electrons. The number of pyridine rings is 1. The Morgan fingerprint density at radius 1 is 1.30 bits per heavy atom. The predicted molar refractivity (Wildman–Crippen MR) is 112 cm³/mol. The van der Waals surface area contributed by atoms with E-state index in [-0.39, 0.29) is 30.3 Å². The molecule has 154 valence electrons. The molecule has 0 saturated heterocycles. The Bertz CT molecular complexity index is 996. The average Bonchev–Trinajstić information content (AvgIpc) is 3.14. The summed E-state index contributed by atoms with van der Waals surface area (Å²) in [5, 5.41) is 15.3. The molecule has 7 heteroatoms. The van der Waals surface area contributed by atoms with Crippen molar-refractivity contribution in [3.05, 3.63) is 53.3 Å². The number of rotatable bonds is 5. The molecule has 4 N–H and O–H groups in total. The van der Waals surface area contributed by atoms with Gasteiger partial charge in [0, 0.05) is 42.4 Å². The molecule has 2 aromatic rings. The monoisotopic (exact) mass is 403 g/mol. The van der Waals surface area contributed by atoms with Gasteiger partial charge < -0.3 is 16.4 Å². The van der Waals surface area contributed by atoms with Gasteiger partial charge in [-0.15, -0.1) is 0 Å². The number of nitrogens with two attached hydrogens (primary N) is 1. The maximum atomic E-state index is 12.4. The van der Waals surface area contributed by atoms with E-state index in [9.17, 15) is 14.9 Å². The van der Waals surface area contributed by atoms with Gasteiger partial charge in [-0.25, -0.2) is 0 Å². The highest BCUT2D eigenvalue weighted by atomic mass is 16.2. The van der Waals surface area contributed by atoms with Gasteiger partial charge in [0.05, 0.1) is 12.0 Å². The summed E-state index contributed by atoms with van der Waals surface area (Å²) in [7, 11) is 0. The molecule has 1 aromatic heterocycles. The third-order valence-corrected chi connectivity index (χ3v) is 5.99. The number of nitriles is 1. The zero-order valence-corrected chi connectivity index (χ0v) is 16.7. The number of hydrogen-bond donors (Lipinski definition) is 3. The van der Waals surface area contributed by atoms with Crippen molar-refractivity contribution in [2.75, 3.05) is 6.54 Å². The summed E-state index contributed by atoms with van der Waals surface area (Å²) in [6.45, 7) is 0.782. The lowest BCUT2D eigenvalue weighted by Crippen LogP contribution is -2.39. The van der Waals surface area contributed by atoms with E-state index in [0.29, 0.717) is 18.7 Å². The van der Waals surface area contributed by atoms with Crippen molar-refractivity contribution in [3.8, 4) is 17.2 Å². The first-order valence-electron chi connectivity index (χ1n) is 10.4. The first-order chi connectivity index (χ1) is 14.5. The Hall–Kier alpha value is -3.24. The zero-order chi connectivity index (χ0) is 21.1. The maximum Gasteiger partial charge on any atom is 0.270 e. The Morgan fingerprint density at radius 2 is 2.10 bits per heavy atom. The quantitative estimate of drug-likeness (QED) is 0.707. The Balaban J connectivity index is 1.40. The normalized spacial score (nSPS) is 21.3. The number of amides is 2. The highest BCUT2D eigenvalue weighted by molar-refractivity contribution is 5.96. The third-order valence-electron chi connectivity index (χ3n) is 5.99. The summed E-state index contributed by atoms with van der Waals surface area (Å²) < 4.78 is 0. The number of benzene rings is 1. The van der Waals surface area contributed by atoms with Gasteiger partial charge >= 0.3 is 0 Å². The van der Waals surface area contributed by atoms with Crippen LogP contribution in [0.1, 0.15) is 53.2 Å². The molecule has 1 fully saturated rings. The van der Waals surface area contributed by atoms with Gasteiger partial charge in [-0.3, -0.25) is 14.6 Å². The van der Waals surface area contributed by atoms with E-state index in [4.69, 9.17) is 5.73 Å². The molecule has 1 aromatic carbocycles. The minimum Gasteiger partial charge on any atom is -0.354 e. The Morgan fingerprint density at radius 3 is 2.83 bits per heavy atom. The summed E-state index contributed by atoms with van der Waals surface area (Å²) in [5.41, 5.74) is 10.1. The Kier molecular flexibility index (Phi) is 5.77. The lowest BCUT2D eigenvalue weighted by molar-refractivity contribution is -0.126. The van der Waals surface area contributed by atoms with Crippen LogP contribution in [0, 0.1) is 17.2 Å². The molecule has 3 atom stereocenters. The fourth-order valence-corrected chi connectivity index (χ4v) is 4.23. The van der Waals surface area contributed by atoms with Gasteiger partial charge in [-0.2, -0.15) is 5.26 Å². The smallest absolute Gasteiger partial charge is 0.270 e. The van der Waals surface area contributed by atoms with E-state index < -0.39 is 5.92 Å². The van der Waals surface area contributed by atoms with Crippen LogP contribution in [0.5, 0.6) is 0 Å². The maximum absolute atomic E-state index is 12.4. The van der Waals surface area contributed by atoms with Crippen LogP contribution >= 0.6 is 0 Å². The van der Waals surface area contributed by atoms with Gasteiger partial charge in [0.1, 0.15) is 5.69 Å². The highest BCUT2D eigenvalue weighted by Gasteiger charge is 2.26. The number of nitrogens with one attached hydrogen (secondary N) is 2. The van der Waals surface area contributed by atoms with Crippen molar-refractivity contribution >= 4 is 11.8 Å². The van der Waals surface area contributed by atoms with Crippen LogP contribution in [0.4, 0.5) is 0 Å². The summed E-state index contributed by atoms with van der Waals surface area (Å²) in [4.78, 5) is 28.4. The number of carbonyl (C=O) groups excluding carboxylic acids is 2. The SMILES string of the molecule is N#CC(CNC(=O)C1CCCC(N)C1)c1ccc(-c2cnc3c(c2)CNC3=O)cc1. The average molecular weight is 403 g/mol. The summed E-state index contributed by atoms with van der Waals surface area (Å²) in [5.74, 6) is -0.611. The number of aromatic nitrogens is 1. The van der Waals surface area contributed by atoms with Crippen molar-refractivity contribution in [2.45, 2.75) is 44.2 Å². The van der Waals surface area contributed by atoms with Crippen molar-refractivity contribution < 1.29 is 9.59 Å². The second-order valence-corrected chi connectivity index (χ2v) is 8.09. The van der Waals surface area contributed by atoms with Gasteiger partial charge in [0.2, 0.25) is 5.91 Å². The molecule has 3 unspecified atom stereocenters. The molecule has 1 aliphatic carbocycles. The second kappa shape index (κ2) is 8.64. The first kappa shape index (κ1) is 20.0. The van der Waals surface area contributed by atoms with Crippen molar-refractivity contribution in [3.63, 3.8) is 0 Å². The fraction of sp³-hybridized carbons (Fsp3) is 0.391. The predicted octanol–water partition coefficient (Wildman–Crippen LogP) is 2.23. The number of fused-ring (bicyclic) bond motifs is 1. The molecule has 0 bridgehead atoms. The lowest BCUT2D eigenvalue weighted by atomic mass is 9.85. The van der Waals surface area contributed by atoms with E-state index in [2.05, 4.69) is 21.7 Å². The fourth-order valence-electron chi connectivity index (χ4n) is 4.23. The van der Waals surface area contributed by atoms with Gasteiger partial charge in [0.25, 0.3) is 5.91 Å².